The van der Waals surface area contributed by atoms with Crippen molar-refractivity contribution in [1.82, 2.24) is 4.90 Å². The molecule has 1 aliphatic heterocycles. The Hall–Kier alpha value is -2.04. The van der Waals surface area contributed by atoms with Crippen LogP contribution < -0.4 is 4.74 Å². The largest absolute Gasteiger partial charge is 0.483 e. The molecule has 2 atom stereocenters. The van der Waals surface area contributed by atoms with Crippen molar-refractivity contribution in [3.63, 3.8) is 0 Å². The van der Waals surface area contributed by atoms with Crippen LogP contribution in [0.25, 0.3) is 0 Å². The molecule has 2 rings (SSSR count). The van der Waals surface area contributed by atoms with E-state index in [1.165, 1.54) is 0 Å². The lowest BCUT2D eigenvalue weighted by Crippen LogP contribution is -2.50. The van der Waals surface area contributed by atoms with E-state index in [1.54, 1.807) is 11.8 Å². The quantitative estimate of drug-likeness (QED) is 0.927. The van der Waals surface area contributed by atoms with Gasteiger partial charge in [0.1, 0.15) is 5.75 Å². The van der Waals surface area contributed by atoms with Crippen LogP contribution in [0.3, 0.4) is 0 Å². The molecule has 22 heavy (non-hydrogen) atoms. The minimum atomic E-state index is -0.833. The third-order valence-corrected chi connectivity index (χ3v) is 4.32. The molecule has 5 nitrogen and oxygen atoms in total. The van der Waals surface area contributed by atoms with E-state index in [0.717, 1.165) is 17.5 Å². The van der Waals surface area contributed by atoms with E-state index >= 15 is 0 Å². The molecule has 1 saturated heterocycles. The van der Waals surface area contributed by atoms with Crippen LogP contribution in [0.15, 0.2) is 18.2 Å². The van der Waals surface area contributed by atoms with Gasteiger partial charge in [0.05, 0.1) is 5.92 Å². The van der Waals surface area contributed by atoms with Crippen molar-refractivity contribution in [2.24, 2.45) is 5.92 Å². The topological polar surface area (TPSA) is 66.8 Å². The van der Waals surface area contributed by atoms with E-state index in [4.69, 9.17) is 4.74 Å². The number of carboxylic acid groups (broad SMARTS) is 1. The van der Waals surface area contributed by atoms with Gasteiger partial charge in [0.15, 0.2) is 6.61 Å². The van der Waals surface area contributed by atoms with Crippen molar-refractivity contribution >= 4 is 11.9 Å². The molecule has 1 amide bonds. The number of ether oxygens (including phenoxy) is 1. The van der Waals surface area contributed by atoms with Crippen LogP contribution in [0.5, 0.6) is 5.75 Å². The molecular formula is C17H23NO4. The molecule has 0 bridgehead atoms. The van der Waals surface area contributed by atoms with Gasteiger partial charge >= 0.3 is 5.97 Å². The van der Waals surface area contributed by atoms with Crippen LogP contribution in [0.1, 0.15) is 30.9 Å². The predicted octanol–water partition coefficient (Wildman–Crippen LogP) is 2.39. The van der Waals surface area contributed by atoms with Crippen molar-refractivity contribution in [1.29, 1.82) is 0 Å². The summed E-state index contributed by atoms with van der Waals surface area (Å²) in [6, 6.07) is 5.57. The monoisotopic (exact) mass is 305 g/mol. The number of piperidine rings is 1. The first-order valence-electron chi connectivity index (χ1n) is 7.62. The first kappa shape index (κ1) is 16.3. The Morgan fingerprint density at radius 1 is 1.36 bits per heavy atom. The summed E-state index contributed by atoms with van der Waals surface area (Å²) in [4.78, 5) is 25.2. The zero-order valence-electron chi connectivity index (χ0n) is 13.3. The molecule has 5 heteroatoms. The maximum Gasteiger partial charge on any atom is 0.308 e. The Balaban J connectivity index is 1.99. The summed E-state index contributed by atoms with van der Waals surface area (Å²) in [7, 11) is 0. The fraction of sp³-hybridized carbons (Fsp3) is 0.529. The second-order valence-corrected chi connectivity index (χ2v) is 5.97. The number of likely N-dealkylation sites (tertiary alicyclic amines) is 1. The zero-order chi connectivity index (χ0) is 16.3. The van der Waals surface area contributed by atoms with Crippen LogP contribution in [0.2, 0.25) is 0 Å². The molecule has 0 radical (unpaired) electrons. The number of benzene rings is 1. The lowest BCUT2D eigenvalue weighted by Gasteiger charge is -2.37. The molecule has 1 aromatic rings. The number of amides is 1. The number of rotatable bonds is 4. The average molecular weight is 305 g/mol. The highest BCUT2D eigenvalue weighted by Gasteiger charge is 2.35. The Bertz CT molecular complexity index is 570. The van der Waals surface area contributed by atoms with Gasteiger partial charge in [-0.3, -0.25) is 9.59 Å². The lowest BCUT2D eigenvalue weighted by molar-refractivity contribution is -0.149. The number of hydrogen-bond donors (Lipinski definition) is 1. The summed E-state index contributed by atoms with van der Waals surface area (Å²) in [5.74, 6) is -0.772. The molecule has 1 heterocycles. The number of aliphatic carboxylic acids is 1. The van der Waals surface area contributed by atoms with Crippen LogP contribution in [0.4, 0.5) is 0 Å². The number of carbonyl (C=O) groups is 2. The Morgan fingerprint density at radius 3 is 2.77 bits per heavy atom. The second kappa shape index (κ2) is 6.81. The van der Waals surface area contributed by atoms with Gasteiger partial charge in [-0.2, -0.15) is 0 Å². The van der Waals surface area contributed by atoms with Crippen molar-refractivity contribution in [2.45, 2.75) is 39.7 Å². The number of carbonyl (C=O) groups excluding carboxylic acids is 1. The first-order valence-corrected chi connectivity index (χ1v) is 7.62. The SMILES string of the molecule is Cc1ccc(C)c(OCC(=O)N2CCC[C@@H](C(=O)O)[C@H]2C)c1. The van der Waals surface area contributed by atoms with Gasteiger partial charge < -0.3 is 14.7 Å². The summed E-state index contributed by atoms with van der Waals surface area (Å²) in [5, 5.41) is 9.21. The molecule has 120 valence electrons. The first-order chi connectivity index (χ1) is 10.4. The Morgan fingerprint density at radius 2 is 2.09 bits per heavy atom. The molecule has 1 aromatic carbocycles. The zero-order valence-corrected chi connectivity index (χ0v) is 13.3. The molecule has 1 N–H and O–H groups in total. The molecular weight excluding hydrogens is 282 g/mol. The van der Waals surface area contributed by atoms with E-state index in [1.807, 2.05) is 32.0 Å². The summed E-state index contributed by atoms with van der Waals surface area (Å²) in [5.41, 5.74) is 2.05. The predicted molar refractivity (Wildman–Crippen MR) is 82.9 cm³/mol. The summed E-state index contributed by atoms with van der Waals surface area (Å²) in [6.07, 6.45) is 1.34. The molecule has 1 aliphatic rings. The van der Waals surface area contributed by atoms with Crippen LogP contribution >= 0.6 is 0 Å². The van der Waals surface area contributed by atoms with Gasteiger partial charge in [0.2, 0.25) is 0 Å². The molecule has 0 saturated carbocycles. The van der Waals surface area contributed by atoms with E-state index in [2.05, 4.69) is 0 Å². The van der Waals surface area contributed by atoms with Gasteiger partial charge in [-0.15, -0.1) is 0 Å². The summed E-state index contributed by atoms with van der Waals surface area (Å²) >= 11 is 0. The van der Waals surface area contributed by atoms with E-state index in [9.17, 15) is 14.7 Å². The molecule has 0 aromatic heterocycles. The van der Waals surface area contributed by atoms with Gasteiger partial charge in [-0.25, -0.2) is 0 Å². The molecule has 1 fully saturated rings. The Kier molecular flexibility index (Phi) is 5.06. The molecule has 0 aliphatic carbocycles. The second-order valence-electron chi connectivity index (χ2n) is 5.97. The average Bonchev–Trinajstić information content (AvgIpc) is 2.47. The van der Waals surface area contributed by atoms with Crippen molar-refractivity contribution in [3.8, 4) is 5.75 Å². The van der Waals surface area contributed by atoms with Crippen molar-refractivity contribution < 1.29 is 19.4 Å². The number of aryl methyl sites for hydroxylation is 2. The van der Waals surface area contributed by atoms with Crippen molar-refractivity contribution in [2.75, 3.05) is 13.2 Å². The number of hydrogen-bond acceptors (Lipinski definition) is 3. The maximum absolute atomic E-state index is 12.4. The lowest BCUT2D eigenvalue weighted by atomic mass is 9.90. The van der Waals surface area contributed by atoms with Crippen LogP contribution in [0, 0.1) is 19.8 Å². The van der Waals surface area contributed by atoms with Gasteiger partial charge in [-0.05, 0) is 50.8 Å². The van der Waals surface area contributed by atoms with Crippen LogP contribution in [-0.4, -0.2) is 41.1 Å². The summed E-state index contributed by atoms with van der Waals surface area (Å²) < 4.78 is 5.64. The minimum Gasteiger partial charge on any atom is -0.483 e. The van der Waals surface area contributed by atoms with E-state index < -0.39 is 11.9 Å². The maximum atomic E-state index is 12.4. The van der Waals surface area contributed by atoms with Gasteiger partial charge in [0.25, 0.3) is 5.91 Å². The number of carboxylic acids is 1. The fourth-order valence-electron chi connectivity index (χ4n) is 2.91. The third kappa shape index (κ3) is 3.59. The van der Waals surface area contributed by atoms with Crippen molar-refractivity contribution in [3.05, 3.63) is 29.3 Å². The normalized spacial score (nSPS) is 21.5. The standard InChI is InChI=1S/C17H23NO4/c1-11-6-7-12(2)15(9-11)22-10-16(19)18-8-4-5-14(13(18)3)17(20)21/h6-7,9,13-14H,4-5,8,10H2,1-3H3,(H,20,21)/t13-,14-/m1/s1. The highest BCUT2D eigenvalue weighted by Crippen LogP contribution is 2.24. The highest BCUT2D eigenvalue weighted by molar-refractivity contribution is 5.80. The number of nitrogens with zero attached hydrogens (tertiary/aromatic N) is 1. The molecule has 0 unspecified atom stereocenters. The smallest absolute Gasteiger partial charge is 0.308 e. The summed E-state index contributed by atoms with van der Waals surface area (Å²) in [6.45, 7) is 6.25. The van der Waals surface area contributed by atoms with Gasteiger partial charge in [0, 0.05) is 12.6 Å². The highest BCUT2D eigenvalue weighted by atomic mass is 16.5. The van der Waals surface area contributed by atoms with Crippen LogP contribution in [-0.2, 0) is 9.59 Å². The van der Waals surface area contributed by atoms with Gasteiger partial charge in [-0.1, -0.05) is 12.1 Å². The fourth-order valence-corrected chi connectivity index (χ4v) is 2.91. The minimum absolute atomic E-state index is 0.0546. The molecule has 0 spiro atoms. The van der Waals surface area contributed by atoms with E-state index in [-0.39, 0.29) is 18.6 Å². The van der Waals surface area contributed by atoms with E-state index in [0.29, 0.717) is 18.7 Å². The third-order valence-electron chi connectivity index (χ3n) is 4.32. The Labute approximate surface area is 130 Å².